The lowest BCUT2D eigenvalue weighted by molar-refractivity contribution is 1.01. The van der Waals surface area contributed by atoms with Crippen molar-refractivity contribution in [3.8, 4) is 5.69 Å². The lowest BCUT2D eigenvalue weighted by Crippen LogP contribution is -1.93. The van der Waals surface area contributed by atoms with Crippen LogP contribution in [0.2, 0.25) is 0 Å². The number of para-hydroxylation sites is 3. The molecule has 0 saturated heterocycles. The lowest BCUT2D eigenvalue weighted by atomic mass is 10.1. The average Bonchev–Trinajstić information content (AvgIpc) is 3.28. The molecule has 0 atom stereocenters. The Kier molecular flexibility index (Phi) is 4.13. The van der Waals surface area contributed by atoms with Crippen LogP contribution in [0.3, 0.4) is 0 Å². The van der Waals surface area contributed by atoms with Crippen molar-refractivity contribution in [1.82, 2.24) is 9.13 Å². The van der Waals surface area contributed by atoms with Crippen LogP contribution in [0.25, 0.3) is 49.3 Å². The van der Waals surface area contributed by atoms with Crippen molar-refractivity contribution in [2.75, 3.05) is 0 Å². The molecule has 0 saturated carbocycles. The largest absolute Gasteiger partial charge is 0.344 e. The molecule has 0 fully saturated rings. The normalized spacial score (nSPS) is 11.3. The van der Waals surface area contributed by atoms with Gasteiger partial charge in [0.25, 0.3) is 0 Å². The Bertz CT molecular complexity index is 1470. The molecule has 142 valence electrons. The van der Waals surface area contributed by atoms with E-state index in [1.54, 1.807) is 0 Å². The summed E-state index contributed by atoms with van der Waals surface area (Å²) in [6.45, 7) is 4.00. The predicted octanol–water partition coefficient (Wildman–Crippen LogP) is 7.45. The molecule has 0 aliphatic rings. The van der Waals surface area contributed by atoms with E-state index in [9.17, 15) is 0 Å². The van der Waals surface area contributed by atoms with Crippen LogP contribution in [0.15, 0.2) is 91.0 Å². The maximum atomic E-state index is 2.38. The predicted molar refractivity (Wildman–Crippen MR) is 126 cm³/mol. The second-order valence-electron chi connectivity index (χ2n) is 7.12. The summed E-state index contributed by atoms with van der Waals surface area (Å²) in [4.78, 5) is 0. The molecule has 29 heavy (non-hydrogen) atoms. The summed E-state index contributed by atoms with van der Waals surface area (Å²) in [5, 5.41) is 5.30. The standard InChI is InChI=1S/C25H18N2.C2H6/c1-26-20-13-7-5-11-18(20)24-22(26)15-16-23-25(24)19-12-6-8-14-21(19)27(23)17-9-3-2-4-10-17;1-2/h2-16H,1H3;1-2H3. The number of aryl methyl sites for hydroxylation is 1. The Morgan fingerprint density at radius 2 is 1.00 bits per heavy atom. The minimum absolute atomic E-state index is 1.20. The number of fused-ring (bicyclic) bond motifs is 7. The number of benzene rings is 4. The van der Waals surface area contributed by atoms with Crippen LogP contribution in [-0.2, 0) is 7.05 Å². The number of hydrogen-bond acceptors (Lipinski definition) is 0. The van der Waals surface area contributed by atoms with E-state index in [1.807, 2.05) is 13.8 Å². The van der Waals surface area contributed by atoms with Crippen molar-refractivity contribution in [1.29, 1.82) is 0 Å². The summed E-state index contributed by atoms with van der Waals surface area (Å²) in [6, 6.07) is 32.6. The van der Waals surface area contributed by atoms with Gasteiger partial charge in [0.1, 0.15) is 0 Å². The van der Waals surface area contributed by atoms with E-state index in [0.717, 1.165) is 0 Å². The van der Waals surface area contributed by atoms with E-state index in [-0.39, 0.29) is 0 Å². The van der Waals surface area contributed by atoms with Crippen molar-refractivity contribution >= 4 is 43.6 Å². The summed E-state index contributed by atoms with van der Waals surface area (Å²) in [6.07, 6.45) is 0. The van der Waals surface area contributed by atoms with Gasteiger partial charge in [-0.2, -0.15) is 0 Å². The fourth-order valence-corrected chi connectivity index (χ4v) is 4.56. The van der Waals surface area contributed by atoms with Gasteiger partial charge in [-0.05, 0) is 36.4 Å². The van der Waals surface area contributed by atoms with E-state index in [0.29, 0.717) is 0 Å². The zero-order valence-electron chi connectivity index (χ0n) is 17.1. The van der Waals surface area contributed by atoms with E-state index >= 15 is 0 Å². The van der Waals surface area contributed by atoms with Gasteiger partial charge in [0.2, 0.25) is 0 Å². The van der Waals surface area contributed by atoms with Crippen LogP contribution in [0.5, 0.6) is 0 Å². The molecule has 4 aromatic carbocycles. The highest BCUT2D eigenvalue weighted by molar-refractivity contribution is 6.28. The number of hydrogen-bond donors (Lipinski definition) is 0. The molecule has 6 aromatic rings. The molecule has 2 nitrogen and oxygen atoms in total. The summed E-state index contributed by atoms with van der Waals surface area (Å²) < 4.78 is 4.69. The third-order valence-electron chi connectivity index (χ3n) is 5.73. The molecule has 0 aliphatic carbocycles. The molecular formula is C27H24N2. The Morgan fingerprint density at radius 3 is 1.72 bits per heavy atom. The maximum absolute atomic E-state index is 2.38. The van der Waals surface area contributed by atoms with Crippen molar-refractivity contribution in [3.63, 3.8) is 0 Å². The minimum atomic E-state index is 1.20. The Balaban J connectivity index is 0.000000882. The van der Waals surface area contributed by atoms with Gasteiger partial charge in [0.15, 0.2) is 0 Å². The quantitative estimate of drug-likeness (QED) is 0.282. The van der Waals surface area contributed by atoms with Gasteiger partial charge in [-0.1, -0.05) is 68.4 Å². The Morgan fingerprint density at radius 1 is 0.483 bits per heavy atom. The third kappa shape index (κ3) is 2.42. The van der Waals surface area contributed by atoms with Gasteiger partial charge in [-0.15, -0.1) is 0 Å². The highest BCUT2D eigenvalue weighted by atomic mass is 15.0. The van der Waals surface area contributed by atoms with Crippen LogP contribution < -0.4 is 0 Å². The zero-order valence-corrected chi connectivity index (χ0v) is 17.1. The van der Waals surface area contributed by atoms with Crippen LogP contribution in [-0.4, -0.2) is 9.13 Å². The SMILES string of the molecule is CC.Cn1c2ccccc2c2c3c4ccccc4n(-c4ccccc4)c3ccc21. The molecule has 2 aromatic heterocycles. The monoisotopic (exact) mass is 376 g/mol. The zero-order chi connectivity index (χ0) is 20.0. The Hall–Kier alpha value is -3.52. The van der Waals surface area contributed by atoms with Gasteiger partial charge in [0.05, 0.1) is 11.0 Å². The second-order valence-corrected chi connectivity index (χ2v) is 7.12. The summed E-state index contributed by atoms with van der Waals surface area (Å²) in [5.74, 6) is 0. The molecule has 0 N–H and O–H groups in total. The first kappa shape index (κ1) is 17.6. The van der Waals surface area contributed by atoms with E-state index in [2.05, 4.69) is 107 Å². The second kappa shape index (κ2) is 6.82. The number of rotatable bonds is 1. The van der Waals surface area contributed by atoms with Crippen LogP contribution in [0.4, 0.5) is 0 Å². The molecule has 2 heteroatoms. The van der Waals surface area contributed by atoms with E-state index in [1.165, 1.54) is 49.3 Å². The maximum Gasteiger partial charge on any atom is 0.0548 e. The van der Waals surface area contributed by atoms with Crippen molar-refractivity contribution < 1.29 is 0 Å². The molecular weight excluding hydrogens is 352 g/mol. The number of nitrogens with zero attached hydrogens (tertiary/aromatic N) is 2. The smallest absolute Gasteiger partial charge is 0.0548 e. The summed E-state index contributed by atoms with van der Waals surface area (Å²) >= 11 is 0. The van der Waals surface area contributed by atoms with Crippen molar-refractivity contribution in [3.05, 3.63) is 91.0 Å². The van der Waals surface area contributed by atoms with Gasteiger partial charge in [0, 0.05) is 45.3 Å². The topological polar surface area (TPSA) is 9.86 Å². The first-order valence-electron chi connectivity index (χ1n) is 10.3. The fourth-order valence-electron chi connectivity index (χ4n) is 4.56. The third-order valence-corrected chi connectivity index (χ3v) is 5.73. The van der Waals surface area contributed by atoms with Gasteiger partial charge < -0.3 is 9.13 Å². The first-order valence-corrected chi connectivity index (χ1v) is 10.3. The minimum Gasteiger partial charge on any atom is -0.344 e. The molecule has 0 bridgehead atoms. The summed E-state index contributed by atoms with van der Waals surface area (Å²) in [5.41, 5.74) is 6.25. The molecule has 6 rings (SSSR count). The molecule has 0 aliphatic heterocycles. The number of aromatic nitrogens is 2. The van der Waals surface area contributed by atoms with E-state index in [4.69, 9.17) is 0 Å². The van der Waals surface area contributed by atoms with Gasteiger partial charge in [-0.3, -0.25) is 0 Å². The molecule has 0 unspecified atom stereocenters. The lowest BCUT2D eigenvalue weighted by Gasteiger charge is -2.07. The highest BCUT2D eigenvalue weighted by Gasteiger charge is 2.18. The average molecular weight is 377 g/mol. The van der Waals surface area contributed by atoms with Crippen molar-refractivity contribution in [2.24, 2.45) is 7.05 Å². The Labute approximate surface area is 170 Å². The molecule has 0 amide bonds. The molecule has 0 spiro atoms. The van der Waals surface area contributed by atoms with E-state index < -0.39 is 0 Å². The fraction of sp³-hybridized carbons (Fsp3) is 0.111. The first-order chi connectivity index (χ1) is 14.3. The van der Waals surface area contributed by atoms with Gasteiger partial charge in [-0.25, -0.2) is 0 Å². The van der Waals surface area contributed by atoms with Crippen molar-refractivity contribution in [2.45, 2.75) is 13.8 Å². The summed E-state index contributed by atoms with van der Waals surface area (Å²) in [7, 11) is 2.16. The molecule has 0 radical (unpaired) electrons. The van der Waals surface area contributed by atoms with Crippen LogP contribution in [0, 0.1) is 0 Å². The van der Waals surface area contributed by atoms with Gasteiger partial charge >= 0.3 is 0 Å². The highest BCUT2D eigenvalue weighted by Crippen LogP contribution is 2.40. The van der Waals surface area contributed by atoms with Crippen LogP contribution >= 0.6 is 0 Å². The molecule has 2 heterocycles. The van der Waals surface area contributed by atoms with Crippen LogP contribution in [0.1, 0.15) is 13.8 Å².